The van der Waals surface area contributed by atoms with E-state index in [1.54, 1.807) is 29.2 Å². The molecule has 0 aliphatic rings. The highest BCUT2D eigenvalue weighted by Gasteiger charge is 2.11. The van der Waals surface area contributed by atoms with Gasteiger partial charge in [0.05, 0.1) is 6.26 Å². The van der Waals surface area contributed by atoms with Crippen molar-refractivity contribution >= 4 is 27.4 Å². The van der Waals surface area contributed by atoms with Crippen molar-refractivity contribution in [3.8, 4) is 0 Å². The van der Waals surface area contributed by atoms with Gasteiger partial charge in [0.25, 0.3) is 0 Å². The van der Waals surface area contributed by atoms with E-state index in [1.807, 2.05) is 13.8 Å². The normalized spacial score (nSPS) is 11.0. The Morgan fingerprint density at radius 1 is 1.05 bits per heavy atom. The Labute approximate surface area is 126 Å². The SMILES string of the molecule is CCCN(CCC)C(=O)Nc1ccc(NS(C)(=O)=O)cc1. The first kappa shape index (κ1) is 17.3. The van der Waals surface area contributed by atoms with Crippen LogP contribution < -0.4 is 10.0 Å². The van der Waals surface area contributed by atoms with E-state index < -0.39 is 10.0 Å². The molecule has 0 saturated heterocycles. The predicted molar refractivity (Wildman–Crippen MR) is 86.1 cm³/mol. The first-order chi connectivity index (χ1) is 9.85. The minimum atomic E-state index is -3.29. The van der Waals surface area contributed by atoms with Crippen molar-refractivity contribution < 1.29 is 13.2 Å². The second kappa shape index (κ2) is 7.87. The van der Waals surface area contributed by atoms with E-state index >= 15 is 0 Å². The van der Waals surface area contributed by atoms with Crippen molar-refractivity contribution in [2.24, 2.45) is 0 Å². The van der Waals surface area contributed by atoms with Crippen LogP contribution in [-0.4, -0.2) is 38.7 Å². The number of benzene rings is 1. The second-order valence-electron chi connectivity index (χ2n) is 4.87. The largest absolute Gasteiger partial charge is 0.325 e. The molecule has 0 spiro atoms. The van der Waals surface area contributed by atoms with Crippen molar-refractivity contribution in [2.45, 2.75) is 26.7 Å². The number of nitrogens with zero attached hydrogens (tertiary/aromatic N) is 1. The summed E-state index contributed by atoms with van der Waals surface area (Å²) >= 11 is 0. The average Bonchev–Trinajstić information content (AvgIpc) is 2.39. The molecular formula is C14H23N3O3S. The summed E-state index contributed by atoms with van der Waals surface area (Å²) < 4.78 is 24.6. The van der Waals surface area contributed by atoms with Crippen LogP contribution in [0.3, 0.4) is 0 Å². The molecule has 0 aromatic heterocycles. The fourth-order valence-corrected chi connectivity index (χ4v) is 2.46. The zero-order chi connectivity index (χ0) is 15.9. The van der Waals surface area contributed by atoms with E-state index in [1.165, 1.54) is 0 Å². The Balaban J connectivity index is 2.68. The van der Waals surface area contributed by atoms with Crippen molar-refractivity contribution in [2.75, 3.05) is 29.4 Å². The Morgan fingerprint density at radius 2 is 1.52 bits per heavy atom. The molecule has 0 saturated carbocycles. The van der Waals surface area contributed by atoms with Crippen molar-refractivity contribution in [3.63, 3.8) is 0 Å². The van der Waals surface area contributed by atoms with Gasteiger partial charge in [-0.2, -0.15) is 0 Å². The van der Waals surface area contributed by atoms with Gasteiger partial charge in [0.1, 0.15) is 0 Å². The van der Waals surface area contributed by atoms with Crippen LogP contribution >= 0.6 is 0 Å². The van der Waals surface area contributed by atoms with Crippen LogP contribution in [0.2, 0.25) is 0 Å². The van der Waals surface area contributed by atoms with Gasteiger partial charge < -0.3 is 10.2 Å². The Bertz CT molecular complexity index is 549. The molecule has 2 amide bonds. The minimum absolute atomic E-state index is 0.137. The molecule has 0 fully saturated rings. The predicted octanol–water partition coefficient (Wildman–Crippen LogP) is 2.71. The minimum Gasteiger partial charge on any atom is -0.325 e. The van der Waals surface area contributed by atoms with Crippen LogP contribution in [0.4, 0.5) is 16.2 Å². The van der Waals surface area contributed by atoms with Gasteiger partial charge in [-0.3, -0.25) is 4.72 Å². The average molecular weight is 313 g/mol. The highest BCUT2D eigenvalue weighted by atomic mass is 32.2. The summed E-state index contributed by atoms with van der Waals surface area (Å²) in [5.74, 6) is 0. The van der Waals surface area contributed by atoms with Gasteiger partial charge in [0.15, 0.2) is 0 Å². The molecule has 2 N–H and O–H groups in total. The third kappa shape index (κ3) is 6.48. The molecule has 1 aromatic carbocycles. The molecule has 21 heavy (non-hydrogen) atoms. The van der Waals surface area contributed by atoms with E-state index in [0.717, 1.165) is 19.1 Å². The molecule has 7 heteroatoms. The van der Waals surface area contributed by atoms with Crippen molar-refractivity contribution in [1.82, 2.24) is 4.90 Å². The van der Waals surface area contributed by atoms with Crippen LogP contribution in [-0.2, 0) is 10.0 Å². The quantitative estimate of drug-likeness (QED) is 0.812. The van der Waals surface area contributed by atoms with Crippen molar-refractivity contribution in [1.29, 1.82) is 0 Å². The summed E-state index contributed by atoms with van der Waals surface area (Å²) in [5.41, 5.74) is 1.10. The number of hydrogen-bond acceptors (Lipinski definition) is 3. The van der Waals surface area contributed by atoms with Crippen molar-refractivity contribution in [3.05, 3.63) is 24.3 Å². The van der Waals surface area contributed by atoms with Gasteiger partial charge in [-0.15, -0.1) is 0 Å². The molecule has 6 nitrogen and oxygen atoms in total. The van der Waals surface area contributed by atoms with Gasteiger partial charge >= 0.3 is 6.03 Å². The molecule has 0 aliphatic carbocycles. The van der Waals surface area contributed by atoms with Gasteiger partial charge in [0, 0.05) is 24.5 Å². The number of carbonyl (C=O) groups is 1. The Morgan fingerprint density at radius 3 is 1.95 bits per heavy atom. The summed E-state index contributed by atoms with van der Waals surface area (Å²) in [4.78, 5) is 13.9. The van der Waals surface area contributed by atoms with E-state index in [0.29, 0.717) is 24.5 Å². The topological polar surface area (TPSA) is 78.5 Å². The first-order valence-corrected chi connectivity index (χ1v) is 8.88. The molecule has 0 atom stereocenters. The first-order valence-electron chi connectivity index (χ1n) is 6.99. The number of hydrogen-bond donors (Lipinski definition) is 2. The lowest BCUT2D eigenvalue weighted by molar-refractivity contribution is 0.211. The lowest BCUT2D eigenvalue weighted by atomic mass is 10.3. The number of anilines is 2. The number of rotatable bonds is 7. The molecule has 0 unspecified atom stereocenters. The number of amides is 2. The molecule has 0 radical (unpaired) electrons. The van der Waals surface area contributed by atoms with Crippen LogP contribution in [0.25, 0.3) is 0 Å². The van der Waals surface area contributed by atoms with E-state index in [4.69, 9.17) is 0 Å². The molecule has 1 aromatic rings. The van der Waals surface area contributed by atoms with Crippen LogP contribution in [0.1, 0.15) is 26.7 Å². The lowest BCUT2D eigenvalue weighted by Crippen LogP contribution is -2.36. The van der Waals surface area contributed by atoms with Crippen LogP contribution in [0.5, 0.6) is 0 Å². The monoisotopic (exact) mass is 313 g/mol. The molecule has 1 rings (SSSR count). The zero-order valence-electron chi connectivity index (χ0n) is 12.7. The third-order valence-electron chi connectivity index (χ3n) is 2.71. The second-order valence-corrected chi connectivity index (χ2v) is 6.62. The van der Waals surface area contributed by atoms with Gasteiger partial charge in [-0.05, 0) is 37.1 Å². The highest BCUT2D eigenvalue weighted by Crippen LogP contribution is 2.15. The Kier molecular flexibility index (Phi) is 6.48. The number of sulfonamides is 1. The van der Waals surface area contributed by atoms with Crippen LogP contribution in [0, 0.1) is 0 Å². The van der Waals surface area contributed by atoms with Gasteiger partial charge in [-0.1, -0.05) is 13.8 Å². The highest BCUT2D eigenvalue weighted by molar-refractivity contribution is 7.92. The molecule has 118 valence electrons. The summed E-state index contributed by atoms with van der Waals surface area (Å²) in [6, 6.07) is 6.42. The number of carbonyl (C=O) groups excluding carboxylic acids is 1. The molecule has 0 bridgehead atoms. The Hall–Kier alpha value is -1.76. The third-order valence-corrected chi connectivity index (χ3v) is 3.32. The van der Waals surface area contributed by atoms with Crippen LogP contribution in [0.15, 0.2) is 24.3 Å². The van der Waals surface area contributed by atoms with Gasteiger partial charge in [-0.25, -0.2) is 13.2 Å². The maximum absolute atomic E-state index is 12.1. The number of nitrogens with one attached hydrogen (secondary N) is 2. The fourth-order valence-electron chi connectivity index (χ4n) is 1.89. The van der Waals surface area contributed by atoms with E-state index in [2.05, 4.69) is 10.0 Å². The number of urea groups is 1. The molecule has 0 aliphatic heterocycles. The summed E-state index contributed by atoms with van der Waals surface area (Å²) in [7, 11) is -3.29. The summed E-state index contributed by atoms with van der Waals surface area (Å²) in [6.07, 6.45) is 2.91. The maximum Gasteiger partial charge on any atom is 0.321 e. The molecule has 0 heterocycles. The zero-order valence-corrected chi connectivity index (χ0v) is 13.5. The van der Waals surface area contributed by atoms with E-state index in [-0.39, 0.29) is 6.03 Å². The fraction of sp³-hybridized carbons (Fsp3) is 0.500. The maximum atomic E-state index is 12.1. The van der Waals surface area contributed by atoms with Gasteiger partial charge in [0.2, 0.25) is 10.0 Å². The van der Waals surface area contributed by atoms with E-state index in [9.17, 15) is 13.2 Å². The smallest absolute Gasteiger partial charge is 0.321 e. The summed E-state index contributed by atoms with van der Waals surface area (Å²) in [6.45, 7) is 5.49. The molecular weight excluding hydrogens is 290 g/mol. The standard InChI is InChI=1S/C14H23N3O3S/c1-4-10-17(11-5-2)14(18)15-12-6-8-13(9-7-12)16-21(3,19)20/h6-9,16H,4-5,10-11H2,1-3H3,(H,15,18). The lowest BCUT2D eigenvalue weighted by Gasteiger charge is -2.22. The summed E-state index contributed by atoms with van der Waals surface area (Å²) in [5, 5.41) is 2.81.